The SMILES string of the molecule is CCN(C(=O)c1cc2ncccc2[nH]1)[C@@H]1C=C(NCc2cc(C)on2)CCC1. The first-order valence-electron chi connectivity index (χ1n) is 9.75. The van der Waals surface area contributed by atoms with Crippen molar-refractivity contribution >= 4 is 16.9 Å². The molecular weight excluding hydrogens is 354 g/mol. The van der Waals surface area contributed by atoms with Crippen molar-refractivity contribution in [2.45, 2.75) is 45.7 Å². The van der Waals surface area contributed by atoms with Crippen LogP contribution in [0.3, 0.4) is 0 Å². The number of hydrogen-bond acceptors (Lipinski definition) is 5. The van der Waals surface area contributed by atoms with E-state index in [9.17, 15) is 4.79 Å². The molecule has 0 unspecified atom stereocenters. The van der Waals surface area contributed by atoms with Gasteiger partial charge in [0.05, 0.1) is 23.6 Å². The summed E-state index contributed by atoms with van der Waals surface area (Å²) in [5.41, 5.74) is 4.32. The number of hydrogen-bond donors (Lipinski definition) is 2. The number of carbonyl (C=O) groups excluding carboxylic acids is 1. The third-order valence-corrected chi connectivity index (χ3v) is 5.13. The molecule has 0 aromatic carbocycles. The number of likely N-dealkylation sites (N-methyl/N-ethyl adjacent to an activating group) is 1. The number of nitrogens with one attached hydrogen (secondary N) is 2. The van der Waals surface area contributed by atoms with Gasteiger partial charge < -0.3 is 19.7 Å². The normalized spacial score (nSPS) is 16.8. The van der Waals surface area contributed by atoms with Gasteiger partial charge in [0, 0.05) is 24.5 Å². The van der Waals surface area contributed by atoms with E-state index < -0.39 is 0 Å². The quantitative estimate of drug-likeness (QED) is 0.684. The Kier molecular flexibility index (Phi) is 5.14. The smallest absolute Gasteiger partial charge is 0.270 e. The highest BCUT2D eigenvalue weighted by molar-refractivity contribution is 5.97. The van der Waals surface area contributed by atoms with E-state index >= 15 is 0 Å². The lowest BCUT2D eigenvalue weighted by Crippen LogP contribution is -2.41. The van der Waals surface area contributed by atoms with Gasteiger partial charge in [0.1, 0.15) is 17.1 Å². The van der Waals surface area contributed by atoms with E-state index in [1.54, 1.807) is 6.20 Å². The molecule has 3 aromatic rings. The first-order chi connectivity index (χ1) is 13.6. The van der Waals surface area contributed by atoms with E-state index in [0.717, 1.165) is 47.4 Å². The Morgan fingerprint density at radius 3 is 3.07 bits per heavy atom. The van der Waals surface area contributed by atoms with Crippen molar-refractivity contribution in [2.24, 2.45) is 0 Å². The molecule has 0 bridgehead atoms. The van der Waals surface area contributed by atoms with Crippen molar-refractivity contribution in [3.8, 4) is 0 Å². The minimum atomic E-state index is 0.00938. The van der Waals surface area contributed by atoms with Gasteiger partial charge in [-0.2, -0.15) is 0 Å². The first-order valence-corrected chi connectivity index (χ1v) is 9.75. The van der Waals surface area contributed by atoms with Crippen LogP contribution in [0.5, 0.6) is 0 Å². The average Bonchev–Trinajstić information content (AvgIpc) is 3.33. The topological polar surface area (TPSA) is 87.0 Å². The second-order valence-corrected chi connectivity index (χ2v) is 7.14. The van der Waals surface area contributed by atoms with E-state index in [0.29, 0.717) is 18.8 Å². The van der Waals surface area contributed by atoms with Crippen molar-refractivity contribution in [2.75, 3.05) is 6.54 Å². The van der Waals surface area contributed by atoms with Crippen molar-refractivity contribution in [3.63, 3.8) is 0 Å². The van der Waals surface area contributed by atoms with E-state index in [1.165, 1.54) is 0 Å². The number of rotatable bonds is 6. The van der Waals surface area contributed by atoms with Gasteiger partial charge in [-0.3, -0.25) is 9.78 Å². The molecular formula is C21H25N5O2. The van der Waals surface area contributed by atoms with E-state index in [2.05, 4.69) is 26.5 Å². The Labute approximate surface area is 163 Å². The Bertz CT molecular complexity index is 970. The molecule has 4 rings (SSSR count). The van der Waals surface area contributed by atoms with Crippen molar-refractivity contribution in [1.82, 2.24) is 25.3 Å². The summed E-state index contributed by atoms with van der Waals surface area (Å²) in [6.07, 6.45) is 6.90. The number of aromatic amines is 1. The molecule has 0 radical (unpaired) electrons. The second-order valence-electron chi connectivity index (χ2n) is 7.14. The average molecular weight is 379 g/mol. The van der Waals surface area contributed by atoms with Crippen molar-refractivity contribution in [3.05, 3.63) is 59.4 Å². The van der Waals surface area contributed by atoms with Gasteiger partial charge in [-0.05, 0) is 57.4 Å². The van der Waals surface area contributed by atoms with Crippen LogP contribution in [0.4, 0.5) is 0 Å². The second kappa shape index (κ2) is 7.88. The van der Waals surface area contributed by atoms with Crippen LogP contribution in [0.15, 0.2) is 46.8 Å². The summed E-state index contributed by atoms with van der Waals surface area (Å²) in [5, 5.41) is 7.46. The maximum absolute atomic E-state index is 13.1. The third kappa shape index (κ3) is 3.78. The van der Waals surface area contributed by atoms with Gasteiger partial charge in [0.25, 0.3) is 5.91 Å². The lowest BCUT2D eigenvalue weighted by Gasteiger charge is -2.32. The van der Waals surface area contributed by atoms with E-state index in [-0.39, 0.29) is 11.9 Å². The monoisotopic (exact) mass is 379 g/mol. The molecule has 1 atom stereocenters. The Morgan fingerprint density at radius 1 is 1.43 bits per heavy atom. The summed E-state index contributed by atoms with van der Waals surface area (Å²) < 4.78 is 5.12. The van der Waals surface area contributed by atoms with E-state index in [1.807, 2.05) is 43.0 Å². The number of amides is 1. The molecule has 0 spiro atoms. The maximum Gasteiger partial charge on any atom is 0.270 e. The number of H-pyrrole nitrogens is 1. The van der Waals surface area contributed by atoms with Gasteiger partial charge in [0.15, 0.2) is 0 Å². The summed E-state index contributed by atoms with van der Waals surface area (Å²) in [4.78, 5) is 22.6. The van der Waals surface area contributed by atoms with Crippen LogP contribution in [0.2, 0.25) is 0 Å². The number of aromatic nitrogens is 3. The predicted molar refractivity (Wildman–Crippen MR) is 107 cm³/mol. The van der Waals surface area contributed by atoms with Crippen molar-refractivity contribution < 1.29 is 9.32 Å². The largest absolute Gasteiger partial charge is 0.383 e. The maximum atomic E-state index is 13.1. The van der Waals surface area contributed by atoms with Crippen LogP contribution in [-0.4, -0.2) is 38.5 Å². The zero-order valence-electron chi connectivity index (χ0n) is 16.2. The van der Waals surface area contributed by atoms with Crippen LogP contribution in [0.25, 0.3) is 11.0 Å². The molecule has 0 aliphatic heterocycles. The lowest BCUT2D eigenvalue weighted by atomic mass is 9.98. The third-order valence-electron chi connectivity index (χ3n) is 5.13. The molecule has 2 N–H and O–H groups in total. The summed E-state index contributed by atoms with van der Waals surface area (Å²) in [7, 11) is 0. The summed E-state index contributed by atoms with van der Waals surface area (Å²) in [6, 6.07) is 7.64. The number of nitrogens with zero attached hydrogens (tertiary/aromatic N) is 3. The number of fused-ring (bicyclic) bond motifs is 1. The van der Waals surface area contributed by atoms with Gasteiger partial charge in [-0.1, -0.05) is 5.16 Å². The van der Waals surface area contributed by atoms with Crippen LogP contribution in [0.1, 0.15) is 48.1 Å². The van der Waals surface area contributed by atoms with Gasteiger partial charge in [-0.15, -0.1) is 0 Å². The number of pyridine rings is 1. The van der Waals surface area contributed by atoms with Crippen LogP contribution in [-0.2, 0) is 6.54 Å². The summed E-state index contributed by atoms with van der Waals surface area (Å²) in [5.74, 6) is 0.818. The molecule has 3 heterocycles. The fourth-order valence-electron chi connectivity index (χ4n) is 3.75. The van der Waals surface area contributed by atoms with Gasteiger partial charge in [-0.25, -0.2) is 0 Å². The Balaban J connectivity index is 1.48. The molecule has 0 saturated heterocycles. The molecule has 7 nitrogen and oxygen atoms in total. The van der Waals surface area contributed by atoms with Crippen LogP contribution >= 0.6 is 0 Å². The number of carbonyl (C=O) groups is 1. The molecule has 0 saturated carbocycles. The number of aryl methyl sites for hydroxylation is 1. The predicted octanol–water partition coefficient (Wildman–Crippen LogP) is 3.55. The van der Waals surface area contributed by atoms with Gasteiger partial charge >= 0.3 is 0 Å². The Morgan fingerprint density at radius 2 is 2.32 bits per heavy atom. The zero-order valence-corrected chi connectivity index (χ0v) is 16.2. The van der Waals surface area contributed by atoms with E-state index in [4.69, 9.17) is 4.52 Å². The fourth-order valence-corrected chi connectivity index (χ4v) is 3.75. The Hall–Kier alpha value is -3.09. The minimum Gasteiger partial charge on any atom is -0.383 e. The van der Waals surface area contributed by atoms with Gasteiger partial charge in [0.2, 0.25) is 0 Å². The molecule has 7 heteroatoms. The highest BCUT2D eigenvalue weighted by Gasteiger charge is 2.25. The molecule has 0 fully saturated rings. The molecule has 146 valence electrons. The summed E-state index contributed by atoms with van der Waals surface area (Å²) >= 11 is 0. The molecule has 1 amide bonds. The van der Waals surface area contributed by atoms with Crippen molar-refractivity contribution in [1.29, 1.82) is 0 Å². The highest BCUT2D eigenvalue weighted by Crippen LogP contribution is 2.23. The molecule has 1 aliphatic rings. The fraction of sp³-hybridized carbons (Fsp3) is 0.381. The molecule has 3 aromatic heterocycles. The molecule has 28 heavy (non-hydrogen) atoms. The lowest BCUT2D eigenvalue weighted by molar-refractivity contribution is 0.0706. The standard InChI is InChI=1S/C21H25N5O2/c1-3-26(21(27)20-12-19-18(24-20)8-5-9-22-19)17-7-4-6-15(11-17)23-13-16-10-14(2)28-25-16/h5,8-12,17,23-24H,3-4,6-7,13H2,1-2H3/t17-/m0/s1. The minimum absolute atomic E-state index is 0.00938. The molecule has 1 aliphatic carbocycles. The number of allylic oxidation sites excluding steroid dienone is 1. The highest BCUT2D eigenvalue weighted by atomic mass is 16.5. The zero-order chi connectivity index (χ0) is 19.5. The first kappa shape index (κ1) is 18.3. The van der Waals surface area contributed by atoms with Crippen LogP contribution < -0.4 is 5.32 Å². The summed E-state index contributed by atoms with van der Waals surface area (Å²) in [6.45, 7) is 5.19. The van der Waals surface area contributed by atoms with Crippen LogP contribution in [0, 0.1) is 6.92 Å².